The highest BCUT2D eigenvalue weighted by atomic mass is 35.5. The van der Waals surface area contributed by atoms with Crippen LogP contribution in [0.15, 0.2) is 52.2 Å². The van der Waals surface area contributed by atoms with Gasteiger partial charge in [0.1, 0.15) is 23.9 Å². The molecular weight excluding hydrogens is 410 g/mol. The van der Waals surface area contributed by atoms with Crippen molar-refractivity contribution < 1.29 is 13.9 Å². The monoisotopic (exact) mass is 431 g/mol. The van der Waals surface area contributed by atoms with Crippen molar-refractivity contribution in [2.45, 2.75) is 55.7 Å². The lowest BCUT2D eigenvalue weighted by Gasteiger charge is -2.14. The zero-order valence-electron chi connectivity index (χ0n) is 15.9. The number of hydrogen-bond donors (Lipinski definition) is 0. The molecular formula is C21H22ClN3O3S. The largest absolute Gasteiger partial charge is 0.486 e. The maximum atomic E-state index is 12.5. The molecule has 3 aromatic rings. The van der Waals surface area contributed by atoms with Crippen LogP contribution in [-0.4, -0.2) is 25.8 Å². The van der Waals surface area contributed by atoms with E-state index >= 15 is 0 Å². The van der Waals surface area contributed by atoms with Gasteiger partial charge in [0.25, 0.3) is 0 Å². The average Bonchev–Trinajstić information content (AvgIpc) is 3.32. The van der Waals surface area contributed by atoms with Crippen LogP contribution in [0.3, 0.4) is 0 Å². The minimum absolute atomic E-state index is 0.0675. The van der Waals surface area contributed by atoms with E-state index in [0.717, 1.165) is 36.6 Å². The second-order valence-electron chi connectivity index (χ2n) is 6.98. The van der Waals surface area contributed by atoms with E-state index in [0.29, 0.717) is 35.3 Å². The van der Waals surface area contributed by atoms with E-state index in [1.807, 2.05) is 28.8 Å². The van der Waals surface area contributed by atoms with Crippen molar-refractivity contribution >= 4 is 29.1 Å². The molecule has 6 nitrogen and oxygen atoms in total. The number of carbonyl (C=O) groups excluding carboxylic acids is 1. The van der Waals surface area contributed by atoms with Gasteiger partial charge in [-0.3, -0.25) is 9.36 Å². The van der Waals surface area contributed by atoms with Gasteiger partial charge in [-0.25, -0.2) is 0 Å². The molecule has 1 aromatic carbocycles. The van der Waals surface area contributed by atoms with Crippen LogP contribution in [0.2, 0.25) is 5.02 Å². The predicted octanol–water partition coefficient (Wildman–Crippen LogP) is 5.15. The molecule has 1 unspecified atom stereocenters. The number of nitrogens with zero attached hydrogens (tertiary/aromatic N) is 3. The molecule has 0 N–H and O–H groups in total. The molecule has 1 aliphatic carbocycles. The van der Waals surface area contributed by atoms with Gasteiger partial charge in [-0.15, -0.1) is 10.2 Å². The Balaban J connectivity index is 1.54. The third-order valence-corrected chi connectivity index (χ3v) is 6.41. The van der Waals surface area contributed by atoms with E-state index in [9.17, 15) is 4.79 Å². The fraction of sp³-hybridized carbons (Fsp3) is 0.381. The lowest BCUT2D eigenvalue weighted by atomic mass is 10.2. The SMILES string of the molecule is O=C1CCCCCC1Sc1nnc(COc2ccc(Cl)cc2)n1Cc1ccco1. The van der Waals surface area contributed by atoms with Gasteiger partial charge in [0.2, 0.25) is 0 Å². The van der Waals surface area contributed by atoms with Crippen LogP contribution in [0, 0.1) is 0 Å². The number of halogens is 1. The second-order valence-corrected chi connectivity index (χ2v) is 8.59. The number of aromatic nitrogens is 3. The molecule has 0 amide bonds. The summed E-state index contributed by atoms with van der Waals surface area (Å²) in [5.41, 5.74) is 0. The zero-order chi connectivity index (χ0) is 20.1. The van der Waals surface area contributed by atoms with Gasteiger partial charge in [-0.1, -0.05) is 36.2 Å². The lowest BCUT2D eigenvalue weighted by molar-refractivity contribution is -0.118. The highest BCUT2D eigenvalue weighted by Crippen LogP contribution is 2.31. The number of Topliss-reactive ketones (excluding diaryl/α,β-unsaturated/α-hetero) is 1. The van der Waals surface area contributed by atoms with Gasteiger partial charge >= 0.3 is 0 Å². The molecule has 4 rings (SSSR count). The summed E-state index contributed by atoms with van der Waals surface area (Å²) in [7, 11) is 0. The van der Waals surface area contributed by atoms with E-state index in [2.05, 4.69) is 10.2 Å². The summed E-state index contributed by atoms with van der Waals surface area (Å²) in [4.78, 5) is 12.5. The minimum atomic E-state index is -0.0675. The Labute approximate surface area is 178 Å². The van der Waals surface area contributed by atoms with E-state index in [1.54, 1.807) is 18.4 Å². The maximum absolute atomic E-state index is 12.5. The Bertz CT molecular complexity index is 941. The van der Waals surface area contributed by atoms with Crippen LogP contribution >= 0.6 is 23.4 Å². The first kappa shape index (κ1) is 20.0. The molecule has 1 atom stereocenters. The van der Waals surface area contributed by atoms with E-state index in [-0.39, 0.29) is 11.9 Å². The van der Waals surface area contributed by atoms with Gasteiger partial charge in [-0.2, -0.15) is 0 Å². The number of rotatable bonds is 7. The van der Waals surface area contributed by atoms with Gasteiger partial charge in [-0.05, 0) is 49.2 Å². The summed E-state index contributed by atoms with van der Waals surface area (Å²) in [6, 6.07) is 11.0. The first-order chi connectivity index (χ1) is 14.2. The first-order valence-electron chi connectivity index (χ1n) is 9.71. The molecule has 2 aromatic heterocycles. The molecule has 2 heterocycles. The summed E-state index contributed by atoms with van der Waals surface area (Å²) in [6.07, 6.45) is 6.34. The fourth-order valence-corrected chi connectivity index (χ4v) is 4.59. The third kappa shape index (κ3) is 5.22. The molecule has 29 heavy (non-hydrogen) atoms. The highest BCUT2D eigenvalue weighted by molar-refractivity contribution is 8.00. The normalized spacial score (nSPS) is 17.3. The molecule has 152 valence electrons. The van der Waals surface area contributed by atoms with Crippen LogP contribution in [-0.2, 0) is 17.9 Å². The van der Waals surface area contributed by atoms with E-state index < -0.39 is 0 Å². The van der Waals surface area contributed by atoms with E-state index in [4.69, 9.17) is 20.8 Å². The van der Waals surface area contributed by atoms with Crippen LogP contribution in [0.5, 0.6) is 5.75 Å². The Morgan fingerprint density at radius 2 is 2.03 bits per heavy atom. The number of ketones is 1. The third-order valence-electron chi connectivity index (χ3n) is 4.87. The number of thioether (sulfide) groups is 1. The van der Waals surface area contributed by atoms with Crippen LogP contribution in [0.4, 0.5) is 0 Å². The Morgan fingerprint density at radius 1 is 1.17 bits per heavy atom. The van der Waals surface area contributed by atoms with Crippen LogP contribution < -0.4 is 4.74 Å². The summed E-state index contributed by atoms with van der Waals surface area (Å²) >= 11 is 7.43. The summed E-state index contributed by atoms with van der Waals surface area (Å²) in [6.45, 7) is 0.747. The van der Waals surface area contributed by atoms with Gasteiger partial charge < -0.3 is 9.15 Å². The van der Waals surface area contributed by atoms with Crippen molar-refractivity contribution in [1.82, 2.24) is 14.8 Å². The van der Waals surface area contributed by atoms with Crippen molar-refractivity contribution in [1.29, 1.82) is 0 Å². The Kier molecular flexibility index (Phi) is 6.56. The molecule has 0 aliphatic heterocycles. The minimum Gasteiger partial charge on any atom is -0.486 e. The Morgan fingerprint density at radius 3 is 2.83 bits per heavy atom. The number of hydrogen-bond acceptors (Lipinski definition) is 6. The number of furan rings is 1. The van der Waals surface area contributed by atoms with Crippen molar-refractivity contribution in [3.05, 3.63) is 59.3 Å². The topological polar surface area (TPSA) is 70.2 Å². The maximum Gasteiger partial charge on any atom is 0.192 e. The predicted molar refractivity (Wildman–Crippen MR) is 111 cm³/mol. The van der Waals surface area contributed by atoms with E-state index in [1.165, 1.54) is 11.8 Å². The van der Waals surface area contributed by atoms with Crippen LogP contribution in [0.25, 0.3) is 0 Å². The van der Waals surface area contributed by atoms with Crippen molar-refractivity contribution in [3.63, 3.8) is 0 Å². The number of benzene rings is 1. The molecule has 0 spiro atoms. The zero-order valence-corrected chi connectivity index (χ0v) is 17.5. The number of ether oxygens (including phenoxy) is 1. The molecule has 0 saturated heterocycles. The quantitative estimate of drug-likeness (QED) is 0.482. The summed E-state index contributed by atoms with van der Waals surface area (Å²) in [5.74, 6) is 2.49. The van der Waals surface area contributed by atoms with Crippen LogP contribution in [0.1, 0.15) is 43.7 Å². The first-order valence-corrected chi connectivity index (χ1v) is 11.0. The highest BCUT2D eigenvalue weighted by Gasteiger charge is 2.25. The summed E-state index contributed by atoms with van der Waals surface area (Å²) in [5, 5.41) is 10.0. The number of carbonyl (C=O) groups is 1. The van der Waals surface area contributed by atoms with Gasteiger partial charge in [0.15, 0.2) is 11.0 Å². The molecule has 0 radical (unpaired) electrons. The molecule has 1 aliphatic rings. The van der Waals surface area contributed by atoms with Gasteiger partial charge in [0, 0.05) is 11.4 Å². The summed E-state index contributed by atoms with van der Waals surface area (Å²) < 4.78 is 13.3. The molecule has 1 saturated carbocycles. The molecule has 8 heteroatoms. The molecule has 1 fully saturated rings. The molecule has 0 bridgehead atoms. The van der Waals surface area contributed by atoms with Gasteiger partial charge in [0.05, 0.1) is 18.1 Å². The second kappa shape index (κ2) is 9.50. The smallest absolute Gasteiger partial charge is 0.192 e. The fourth-order valence-electron chi connectivity index (χ4n) is 3.29. The average molecular weight is 432 g/mol. The standard InChI is InChI=1S/C21H22ClN3O3S/c22-15-8-10-16(11-9-15)28-14-20-23-24-21(25(20)13-17-5-4-12-27-17)29-19-7-3-1-2-6-18(19)26/h4-5,8-12,19H,1-3,6-7,13-14H2. The van der Waals surface area contributed by atoms with Crippen molar-refractivity contribution in [2.24, 2.45) is 0 Å². The van der Waals surface area contributed by atoms with Crippen molar-refractivity contribution in [3.8, 4) is 5.75 Å². The van der Waals surface area contributed by atoms with Crippen molar-refractivity contribution in [2.75, 3.05) is 0 Å². The lowest BCUT2D eigenvalue weighted by Crippen LogP contribution is -2.17. The Hall–Kier alpha value is -2.25.